The minimum absolute atomic E-state index is 0.117. The Bertz CT molecular complexity index is 619. The molecule has 0 bridgehead atoms. The van der Waals surface area contributed by atoms with Crippen molar-refractivity contribution in [2.75, 3.05) is 0 Å². The maximum absolute atomic E-state index is 5.58. The van der Waals surface area contributed by atoms with E-state index in [-0.39, 0.29) is 5.41 Å². The lowest BCUT2D eigenvalue weighted by Gasteiger charge is -2.14. The molecule has 0 saturated heterocycles. The second-order valence-corrected chi connectivity index (χ2v) is 7.79. The summed E-state index contributed by atoms with van der Waals surface area (Å²) < 4.78 is 5.58. The smallest absolute Gasteiger partial charge is 0.105 e. The minimum Gasteiger partial charge on any atom is -0.466 e. The molecule has 0 aliphatic carbocycles. The standard InChI is InChI=1S/C17H26N2OS/c1-10-8-14(13(4)20-10)9-18-11(2)15-12(3)19-16(21-15)17(5,6)7/h8,11,18H,9H2,1-7H3. The summed E-state index contributed by atoms with van der Waals surface area (Å²) in [5.74, 6) is 1.98. The molecule has 4 heteroatoms. The molecular weight excluding hydrogens is 280 g/mol. The summed E-state index contributed by atoms with van der Waals surface area (Å²) in [6.07, 6.45) is 0. The Morgan fingerprint density at radius 3 is 2.43 bits per heavy atom. The Morgan fingerprint density at radius 1 is 1.29 bits per heavy atom. The molecule has 1 N–H and O–H groups in total. The SMILES string of the molecule is Cc1cc(CNC(C)c2sc(C(C)(C)C)nc2C)c(C)o1. The average molecular weight is 306 g/mol. The van der Waals surface area contributed by atoms with Crippen molar-refractivity contribution in [3.63, 3.8) is 0 Å². The van der Waals surface area contributed by atoms with E-state index in [1.807, 2.05) is 25.2 Å². The first kappa shape index (κ1) is 16.2. The number of hydrogen-bond acceptors (Lipinski definition) is 4. The molecule has 3 nitrogen and oxygen atoms in total. The molecule has 0 spiro atoms. The van der Waals surface area contributed by atoms with Gasteiger partial charge < -0.3 is 9.73 Å². The highest BCUT2D eigenvalue weighted by molar-refractivity contribution is 7.12. The molecule has 0 saturated carbocycles. The van der Waals surface area contributed by atoms with E-state index >= 15 is 0 Å². The molecule has 2 heterocycles. The third-order valence-electron chi connectivity index (χ3n) is 3.61. The monoisotopic (exact) mass is 306 g/mol. The van der Waals surface area contributed by atoms with Crippen molar-refractivity contribution < 1.29 is 4.42 Å². The van der Waals surface area contributed by atoms with E-state index < -0.39 is 0 Å². The van der Waals surface area contributed by atoms with E-state index in [1.54, 1.807) is 0 Å². The first-order valence-electron chi connectivity index (χ1n) is 7.45. The molecule has 1 unspecified atom stereocenters. The van der Waals surface area contributed by atoms with Crippen molar-refractivity contribution in [1.29, 1.82) is 0 Å². The van der Waals surface area contributed by atoms with Crippen LogP contribution in [0, 0.1) is 20.8 Å². The van der Waals surface area contributed by atoms with Crippen molar-refractivity contribution in [3.8, 4) is 0 Å². The van der Waals surface area contributed by atoms with Crippen LogP contribution in [0.5, 0.6) is 0 Å². The lowest BCUT2D eigenvalue weighted by molar-refractivity contribution is 0.495. The molecule has 116 valence electrons. The predicted octanol–water partition coefficient (Wildman–Crippen LogP) is 4.81. The molecule has 0 aliphatic rings. The van der Waals surface area contributed by atoms with Gasteiger partial charge in [0.15, 0.2) is 0 Å². The van der Waals surface area contributed by atoms with Gasteiger partial charge in [0.2, 0.25) is 0 Å². The van der Waals surface area contributed by atoms with Crippen LogP contribution in [0.15, 0.2) is 10.5 Å². The van der Waals surface area contributed by atoms with E-state index in [9.17, 15) is 0 Å². The van der Waals surface area contributed by atoms with Gasteiger partial charge in [0.1, 0.15) is 11.5 Å². The van der Waals surface area contributed by atoms with E-state index in [0.717, 1.165) is 23.8 Å². The summed E-state index contributed by atoms with van der Waals surface area (Å²) in [6.45, 7) is 15.8. The van der Waals surface area contributed by atoms with Crippen molar-refractivity contribution in [3.05, 3.63) is 38.7 Å². The Hall–Kier alpha value is -1.13. The molecule has 0 aliphatic heterocycles. The second kappa shape index (κ2) is 5.93. The van der Waals surface area contributed by atoms with Crippen LogP contribution in [0.1, 0.15) is 66.4 Å². The number of nitrogens with one attached hydrogen (secondary N) is 1. The summed E-state index contributed by atoms with van der Waals surface area (Å²) >= 11 is 1.82. The second-order valence-electron chi connectivity index (χ2n) is 6.76. The minimum atomic E-state index is 0.117. The quantitative estimate of drug-likeness (QED) is 0.881. The van der Waals surface area contributed by atoms with Gasteiger partial charge in [0.25, 0.3) is 0 Å². The van der Waals surface area contributed by atoms with Gasteiger partial charge in [-0.25, -0.2) is 4.98 Å². The van der Waals surface area contributed by atoms with Gasteiger partial charge in [-0.3, -0.25) is 0 Å². The highest BCUT2D eigenvalue weighted by Gasteiger charge is 2.22. The van der Waals surface area contributed by atoms with Crippen LogP contribution in [0.2, 0.25) is 0 Å². The fourth-order valence-corrected chi connectivity index (χ4v) is 3.50. The van der Waals surface area contributed by atoms with E-state index in [1.165, 1.54) is 15.4 Å². The largest absolute Gasteiger partial charge is 0.466 e. The van der Waals surface area contributed by atoms with Gasteiger partial charge >= 0.3 is 0 Å². The molecule has 2 aromatic rings. The van der Waals surface area contributed by atoms with Crippen LogP contribution in [0.4, 0.5) is 0 Å². The fourth-order valence-electron chi connectivity index (χ4n) is 2.35. The zero-order valence-electron chi connectivity index (χ0n) is 14.1. The van der Waals surface area contributed by atoms with Gasteiger partial charge in [-0.1, -0.05) is 20.8 Å². The Kier molecular flexibility index (Phi) is 4.59. The highest BCUT2D eigenvalue weighted by Crippen LogP contribution is 2.32. The van der Waals surface area contributed by atoms with E-state index in [2.05, 4.69) is 46.0 Å². The Labute approximate surface area is 131 Å². The van der Waals surface area contributed by atoms with Crippen molar-refractivity contribution >= 4 is 11.3 Å². The van der Waals surface area contributed by atoms with Crippen molar-refractivity contribution in [2.24, 2.45) is 0 Å². The van der Waals surface area contributed by atoms with E-state index in [0.29, 0.717) is 6.04 Å². The summed E-state index contributed by atoms with van der Waals surface area (Å²) in [6, 6.07) is 2.41. The zero-order chi connectivity index (χ0) is 15.8. The van der Waals surface area contributed by atoms with Crippen LogP contribution in [0.3, 0.4) is 0 Å². The summed E-state index contributed by atoms with van der Waals surface area (Å²) in [7, 11) is 0. The third kappa shape index (κ3) is 3.74. The predicted molar refractivity (Wildman–Crippen MR) is 89.0 cm³/mol. The summed E-state index contributed by atoms with van der Waals surface area (Å²) in [4.78, 5) is 6.07. The molecule has 1 atom stereocenters. The van der Waals surface area contributed by atoms with Gasteiger partial charge in [-0.15, -0.1) is 11.3 Å². The average Bonchev–Trinajstić information content (AvgIpc) is 2.89. The van der Waals surface area contributed by atoms with Gasteiger partial charge in [0, 0.05) is 28.4 Å². The molecule has 0 radical (unpaired) electrons. The van der Waals surface area contributed by atoms with Gasteiger partial charge in [0.05, 0.1) is 10.7 Å². The number of thiazole rings is 1. The topological polar surface area (TPSA) is 38.1 Å². The first-order chi connectivity index (χ1) is 9.68. The lowest BCUT2D eigenvalue weighted by Crippen LogP contribution is -2.18. The molecule has 2 aromatic heterocycles. The fraction of sp³-hybridized carbons (Fsp3) is 0.588. The number of aromatic nitrogens is 1. The zero-order valence-corrected chi connectivity index (χ0v) is 14.9. The van der Waals surface area contributed by atoms with Crippen LogP contribution in [-0.2, 0) is 12.0 Å². The highest BCUT2D eigenvalue weighted by atomic mass is 32.1. The molecule has 0 aromatic carbocycles. The number of rotatable bonds is 4. The Morgan fingerprint density at radius 2 is 1.95 bits per heavy atom. The van der Waals surface area contributed by atoms with Gasteiger partial charge in [-0.2, -0.15) is 0 Å². The van der Waals surface area contributed by atoms with Crippen LogP contribution >= 0.6 is 11.3 Å². The summed E-state index contributed by atoms with van der Waals surface area (Å²) in [5.41, 5.74) is 2.49. The molecular formula is C17H26N2OS. The number of furan rings is 1. The maximum atomic E-state index is 5.58. The molecule has 0 fully saturated rings. The van der Waals surface area contributed by atoms with Gasteiger partial charge in [-0.05, 0) is 33.8 Å². The number of nitrogens with zero attached hydrogens (tertiary/aromatic N) is 1. The normalized spacial score (nSPS) is 13.7. The molecule has 2 rings (SSSR count). The number of aryl methyl sites for hydroxylation is 3. The van der Waals surface area contributed by atoms with Crippen molar-refractivity contribution in [2.45, 2.75) is 66.5 Å². The van der Waals surface area contributed by atoms with Crippen LogP contribution in [0.25, 0.3) is 0 Å². The maximum Gasteiger partial charge on any atom is 0.105 e. The van der Waals surface area contributed by atoms with Crippen LogP contribution < -0.4 is 5.32 Å². The lowest BCUT2D eigenvalue weighted by atomic mass is 9.98. The Balaban J connectivity index is 2.08. The third-order valence-corrected chi connectivity index (χ3v) is 5.38. The van der Waals surface area contributed by atoms with Crippen molar-refractivity contribution in [1.82, 2.24) is 10.3 Å². The molecule has 0 amide bonds. The first-order valence-corrected chi connectivity index (χ1v) is 8.27. The van der Waals surface area contributed by atoms with Crippen LogP contribution in [-0.4, -0.2) is 4.98 Å². The number of hydrogen-bond donors (Lipinski definition) is 1. The van der Waals surface area contributed by atoms with E-state index in [4.69, 9.17) is 9.40 Å². The molecule has 21 heavy (non-hydrogen) atoms. The summed E-state index contributed by atoms with van der Waals surface area (Å²) in [5, 5.41) is 4.79.